The van der Waals surface area contributed by atoms with Crippen LogP contribution in [0.4, 0.5) is 5.69 Å². The van der Waals surface area contributed by atoms with Crippen molar-refractivity contribution in [1.82, 2.24) is 14.5 Å². The summed E-state index contributed by atoms with van der Waals surface area (Å²) >= 11 is 0. The molecular weight excluding hydrogens is 590 g/mol. The van der Waals surface area contributed by atoms with Gasteiger partial charge in [-0.1, -0.05) is 0 Å². The lowest BCUT2D eigenvalue weighted by molar-refractivity contribution is -0.292. The number of anilines is 1. The highest BCUT2D eigenvalue weighted by Crippen LogP contribution is 2.61. The lowest BCUT2D eigenvalue weighted by Gasteiger charge is -2.41. The average Bonchev–Trinajstić information content (AvgIpc) is 3.43. The summed E-state index contributed by atoms with van der Waals surface area (Å²) in [6.07, 6.45) is -15.6. The summed E-state index contributed by atoms with van der Waals surface area (Å²) in [5.74, 6) is 0. The molecule has 0 bridgehead atoms. The van der Waals surface area contributed by atoms with E-state index in [1.165, 1.54) is 23.2 Å². The Hall–Kier alpha value is -1.68. The molecule has 12 atom stereocenters. The predicted octanol–water partition coefficient (Wildman–Crippen LogP) is -3.96. The van der Waals surface area contributed by atoms with Crippen molar-refractivity contribution in [3.8, 4) is 0 Å². The number of aliphatic hydroxyl groups is 7. The molecule has 0 amide bonds. The van der Waals surface area contributed by atoms with Crippen LogP contribution in [0.3, 0.4) is 0 Å². The second-order valence-electron chi connectivity index (χ2n) is 8.88. The van der Waals surface area contributed by atoms with Gasteiger partial charge in [0.2, 0.25) is 0 Å². The summed E-state index contributed by atoms with van der Waals surface area (Å²) in [6.45, 7) is -1.93. The van der Waals surface area contributed by atoms with Crippen molar-refractivity contribution in [3.63, 3.8) is 0 Å². The maximum atomic E-state index is 12.4. The zero-order valence-electron chi connectivity index (χ0n) is 20.1. The third-order valence-corrected chi connectivity index (χ3v) is 8.72. The average molecular weight is 618 g/mol. The molecule has 11 N–H and O–H groups in total. The molecule has 20 nitrogen and oxygen atoms in total. The number of nitrogens with two attached hydrogens (primary N) is 1. The van der Waals surface area contributed by atoms with Gasteiger partial charge >= 0.3 is 15.6 Å². The summed E-state index contributed by atoms with van der Waals surface area (Å²) < 4.78 is 49.7. The second kappa shape index (κ2) is 11.9. The molecule has 2 aromatic rings. The maximum absolute atomic E-state index is 12.4. The Bertz CT molecular complexity index is 1280. The number of rotatable bonds is 10. The van der Waals surface area contributed by atoms with Crippen LogP contribution in [0, 0.1) is 0 Å². The first-order valence-corrected chi connectivity index (χ1v) is 14.4. The molecule has 22 heteroatoms. The SMILES string of the molecule is Nc1ccnc2c1ncn2[C@@H]1O[C@H](COP(=O)(O)OP(=O)(O)O[C@@H]2OC([C@H](O)CO)[C@@H](O)[C@H](O)C2O)C(O)[C@@H]1O. The van der Waals surface area contributed by atoms with Crippen molar-refractivity contribution in [1.29, 1.82) is 0 Å². The number of imidazole rings is 1. The van der Waals surface area contributed by atoms with Crippen LogP contribution in [0.15, 0.2) is 18.6 Å². The smallest absolute Gasteiger partial charge is 0.397 e. The fourth-order valence-corrected chi connectivity index (χ4v) is 6.25. The van der Waals surface area contributed by atoms with Crippen LogP contribution < -0.4 is 5.73 Å². The molecule has 2 aromatic heterocycles. The summed E-state index contributed by atoms with van der Waals surface area (Å²) in [7, 11) is -11.1. The second-order valence-corrected chi connectivity index (χ2v) is 11.9. The lowest BCUT2D eigenvalue weighted by atomic mass is 9.96. The number of fused-ring (bicyclic) bond motifs is 1. The molecule has 2 aliphatic heterocycles. The molecule has 5 unspecified atom stereocenters. The summed E-state index contributed by atoms with van der Waals surface area (Å²) in [5, 5.41) is 69.3. The highest BCUT2D eigenvalue weighted by Gasteiger charge is 2.51. The van der Waals surface area contributed by atoms with Crippen LogP contribution in [0.1, 0.15) is 6.23 Å². The monoisotopic (exact) mass is 618 g/mol. The van der Waals surface area contributed by atoms with Gasteiger partial charge in [0, 0.05) is 6.20 Å². The number of hydrogen-bond acceptors (Lipinski definition) is 17. The fourth-order valence-electron chi connectivity index (χ4n) is 4.09. The van der Waals surface area contributed by atoms with Crippen LogP contribution in [-0.2, 0) is 32.0 Å². The summed E-state index contributed by atoms with van der Waals surface area (Å²) in [6, 6.07) is 1.49. The molecule has 2 fully saturated rings. The number of nitrogens with zero attached hydrogens (tertiary/aromatic N) is 3. The van der Waals surface area contributed by atoms with Crippen molar-refractivity contribution in [2.24, 2.45) is 0 Å². The maximum Gasteiger partial charge on any atom is 0.483 e. The molecule has 0 aliphatic carbocycles. The number of aliphatic hydroxyl groups excluding tert-OH is 7. The Kier molecular flexibility index (Phi) is 9.30. The minimum atomic E-state index is -5.65. The number of phosphoric acid groups is 2. The normalized spacial score (nSPS) is 36.8. The van der Waals surface area contributed by atoms with E-state index in [1.54, 1.807) is 0 Å². The molecule has 0 radical (unpaired) electrons. The number of pyridine rings is 1. The molecule has 4 heterocycles. The Morgan fingerprint density at radius 3 is 2.38 bits per heavy atom. The first-order valence-electron chi connectivity index (χ1n) is 11.4. The highest BCUT2D eigenvalue weighted by molar-refractivity contribution is 7.61. The first kappa shape index (κ1) is 31.3. The van der Waals surface area contributed by atoms with Gasteiger partial charge in [-0.05, 0) is 6.07 Å². The van der Waals surface area contributed by atoms with E-state index >= 15 is 0 Å². The van der Waals surface area contributed by atoms with E-state index < -0.39 is 90.2 Å². The van der Waals surface area contributed by atoms with Gasteiger partial charge in [-0.3, -0.25) is 13.6 Å². The van der Waals surface area contributed by atoms with Crippen molar-refractivity contribution >= 4 is 32.5 Å². The molecule has 40 heavy (non-hydrogen) atoms. The van der Waals surface area contributed by atoms with E-state index in [0.29, 0.717) is 0 Å². The van der Waals surface area contributed by atoms with Crippen molar-refractivity contribution in [2.45, 2.75) is 61.3 Å². The molecule has 0 saturated carbocycles. The van der Waals surface area contributed by atoms with Gasteiger partial charge in [0.15, 0.2) is 18.2 Å². The third kappa shape index (κ3) is 6.37. The molecule has 0 aromatic carbocycles. The lowest BCUT2D eigenvalue weighted by Crippen LogP contribution is -2.61. The van der Waals surface area contributed by atoms with Gasteiger partial charge < -0.3 is 60.7 Å². The summed E-state index contributed by atoms with van der Waals surface area (Å²) in [5.41, 5.74) is 6.59. The number of ether oxygens (including phenoxy) is 2. The zero-order valence-corrected chi connectivity index (χ0v) is 21.9. The standard InChI is InChI=1S/C18H28N4O16P2/c19-6-1-2-20-16-9(6)21-5-22(16)17-13(28)10(25)8(35-17)4-34-39(30,31)38-40(32,33)37-18-14(29)11(26)12(27)15(36-18)7(24)3-23/h1-2,5,7-8,10-15,17-18,23-29H,3-4H2,(H2,19,20)(H,30,31)(H,32,33)/t7-,8-,10?,11+,12+,13+,14?,15?,17-,18+/m1/s1. The van der Waals surface area contributed by atoms with Crippen molar-refractivity contribution in [3.05, 3.63) is 18.6 Å². The molecule has 2 saturated heterocycles. The number of nitrogen functional groups attached to an aromatic ring is 1. The van der Waals surface area contributed by atoms with Crippen LogP contribution in [0.25, 0.3) is 11.2 Å². The molecular formula is C18H28N4O16P2. The van der Waals surface area contributed by atoms with E-state index in [4.69, 9.17) is 20.3 Å². The van der Waals surface area contributed by atoms with Gasteiger partial charge in [-0.25, -0.2) is 19.1 Å². The van der Waals surface area contributed by atoms with Gasteiger partial charge in [0.05, 0.1) is 25.2 Å². The van der Waals surface area contributed by atoms with Gasteiger partial charge in [0.25, 0.3) is 0 Å². The Morgan fingerprint density at radius 2 is 1.70 bits per heavy atom. The van der Waals surface area contributed by atoms with Gasteiger partial charge in [-0.2, -0.15) is 4.31 Å². The molecule has 0 spiro atoms. The topological polar surface area (TPSA) is 319 Å². The molecule has 4 rings (SSSR count). The van der Waals surface area contributed by atoms with Crippen LogP contribution in [0.5, 0.6) is 0 Å². The number of aromatic nitrogens is 3. The number of phosphoric ester groups is 2. The Morgan fingerprint density at radius 1 is 1.00 bits per heavy atom. The fraction of sp³-hybridized carbons (Fsp3) is 0.667. The first-order chi connectivity index (χ1) is 18.7. The van der Waals surface area contributed by atoms with Gasteiger partial charge in [0.1, 0.15) is 54.3 Å². The largest absolute Gasteiger partial charge is 0.483 e. The van der Waals surface area contributed by atoms with Gasteiger partial charge in [-0.15, -0.1) is 0 Å². The van der Waals surface area contributed by atoms with E-state index in [-0.39, 0.29) is 16.9 Å². The van der Waals surface area contributed by atoms with Crippen LogP contribution in [0.2, 0.25) is 0 Å². The minimum Gasteiger partial charge on any atom is -0.397 e. The predicted molar refractivity (Wildman–Crippen MR) is 125 cm³/mol. The van der Waals surface area contributed by atoms with E-state index in [1.807, 2.05) is 0 Å². The van der Waals surface area contributed by atoms with Crippen LogP contribution >= 0.6 is 15.6 Å². The van der Waals surface area contributed by atoms with E-state index in [0.717, 1.165) is 0 Å². The molecule has 226 valence electrons. The van der Waals surface area contributed by atoms with Crippen molar-refractivity contribution in [2.75, 3.05) is 18.9 Å². The van der Waals surface area contributed by atoms with Crippen molar-refractivity contribution < 1.29 is 77.5 Å². The summed E-state index contributed by atoms with van der Waals surface area (Å²) in [4.78, 5) is 28.0. The highest BCUT2D eigenvalue weighted by atomic mass is 31.3. The van der Waals surface area contributed by atoms with E-state index in [2.05, 4.69) is 23.3 Å². The van der Waals surface area contributed by atoms with Crippen LogP contribution in [-0.4, -0.2) is 128 Å². The molecule has 2 aliphatic rings. The Balaban J connectivity index is 1.38. The Labute approximate surface area is 223 Å². The quantitative estimate of drug-likeness (QED) is 0.114. The third-order valence-electron chi connectivity index (χ3n) is 6.12. The van der Waals surface area contributed by atoms with E-state index in [9.17, 15) is 49.6 Å². The minimum absolute atomic E-state index is 0.200. The zero-order chi connectivity index (χ0) is 29.6. The number of hydrogen-bond donors (Lipinski definition) is 10.